The van der Waals surface area contributed by atoms with Crippen molar-refractivity contribution in [1.82, 2.24) is 5.32 Å². The van der Waals surface area contributed by atoms with Gasteiger partial charge in [0.2, 0.25) is 0 Å². The van der Waals surface area contributed by atoms with E-state index in [-0.39, 0.29) is 5.82 Å². The first-order valence-corrected chi connectivity index (χ1v) is 8.17. The molecule has 0 aliphatic heterocycles. The molecule has 2 atom stereocenters. The standard InChI is InChI=1S/C18H30FN/c1-4-7-8-15(5-2)13-18(20-6-3)14-16-9-11-17(19)12-10-16/h9-12,15,18,20H,4-8,13-14H2,1-3H3. The predicted molar refractivity (Wildman–Crippen MR) is 85.5 cm³/mol. The van der Waals surface area contributed by atoms with Gasteiger partial charge in [-0.2, -0.15) is 0 Å². The van der Waals surface area contributed by atoms with Crippen molar-refractivity contribution in [3.05, 3.63) is 35.6 Å². The Bertz CT molecular complexity index is 347. The van der Waals surface area contributed by atoms with E-state index in [4.69, 9.17) is 0 Å². The Hall–Kier alpha value is -0.890. The van der Waals surface area contributed by atoms with Gasteiger partial charge in [-0.15, -0.1) is 0 Å². The van der Waals surface area contributed by atoms with Crippen molar-refractivity contribution in [1.29, 1.82) is 0 Å². The molecule has 0 aliphatic carbocycles. The molecule has 1 aromatic carbocycles. The Labute approximate surface area is 124 Å². The molecule has 2 unspecified atom stereocenters. The second kappa shape index (κ2) is 9.93. The lowest BCUT2D eigenvalue weighted by atomic mass is 9.89. The maximum atomic E-state index is 13.0. The van der Waals surface area contributed by atoms with Gasteiger partial charge >= 0.3 is 0 Å². The van der Waals surface area contributed by atoms with E-state index in [9.17, 15) is 4.39 Å². The molecule has 114 valence electrons. The maximum Gasteiger partial charge on any atom is 0.123 e. The Kier molecular flexibility index (Phi) is 8.52. The minimum atomic E-state index is -0.150. The van der Waals surface area contributed by atoms with Crippen LogP contribution in [0.5, 0.6) is 0 Å². The van der Waals surface area contributed by atoms with E-state index in [1.165, 1.54) is 37.7 Å². The maximum absolute atomic E-state index is 13.0. The van der Waals surface area contributed by atoms with E-state index in [2.05, 4.69) is 26.1 Å². The summed E-state index contributed by atoms with van der Waals surface area (Å²) < 4.78 is 13.0. The molecule has 0 saturated heterocycles. The molecule has 0 aromatic heterocycles. The first-order valence-electron chi connectivity index (χ1n) is 8.17. The van der Waals surface area contributed by atoms with Gasteiger partial charge in [0.1, 0.15) is 5.82 Å². The zero-order chi connectivity index (χ0) is 14.8. The van der Waals surface area contributed by atoms with Gasteiger partial charge in [0.05, 0.1) is 0 Å². The molecule has 0 fully saturated rings. The van der Waals surface area contributed by atoms with Crippen LogP contribution in [-0.2, 0) is 6.42 Å². The highest BCUT2D eigenvalue weighted by Gasteiger charge is 2.15. The summed E-state index contributed by atoms with van der Waals surface area (Å²) in [5, 5.41) is 3.59. The number of benzene rings is 1. The first kappa shape index (κ1) is 17.2. The number of nitrogens with one attached hydrogen (secondary N) is 1. The van der Waals surface area contributed by atoms with Crippen molar-refractivity contribution in [2.45, 2.75) is 65.3 Å². The molecule has 1 N–H and O–H groups in total. The summed E-state index contributed by atoms with van der Waals surface area (Å²) in [6, 6.07) is 7.45. The monoisotopic (exact) mass is 279 g/mol. The highest BCUT2D eigenvalue weighted by molar-refractivity contribution is 5.17. The van der Waals surface area contributed by atoms with Gasteiger partial charge in [0.15, 0.2) is 0 Å². The summed E-state index contributed by atoms with van der Waals surface area (Å²) in [5.41, 5.74) is 1.22. The van der Waals surface area contributed by atoms with E-state index in [0.29, 0.717) is 6.04 Å². The van der Waals surface area contributed by atoms with Crippen LogP contribution in [0.15, 0.2) is 24.3 Å². The van der Waals surface area contributed by atoms with Crippen LogP contribution in [0.2, 0.25) is 0 Å². The fourth-order valence-electron chi connectivity index (χ4n) is 2.82. The normalized spacial score (nSPS) is 14.2. The van der Waals surface area contributed by atoms with E-state index in [1.54, 1.807) is 12.1 Å². The van der Waals surface area contributed by atoms with Crippen molar-refractivity contribution >= 4 is 0 Å². The van der Waals surface area contributed by atoms with Gasteiger partial charge in [0, 0.05) is 6.04 Å². The van der Waals surface area contributed by atoms with E-state index >= 15 is 0 Å². The molecule has 2 heteroatoms. The number of likely N-dealkylation sites (N-methyl/N-ethyl adjacent to an activating group) is 1. The van der Waals surface area contributed by atoms with Gasteiger partial charge in [-0.1, -0.05) is 58.6 Å². The molecule has 0 amide bonds. The molecule has 0 aliphatic rings. The van der Waals surface area contributed by atoms with E-state index in [1.807, 2.05) is 12.1 Å². The molecule has 0 radical (unpaired) electrons. The topological polar surface area (TPSA) is 12.0 Å². The van der Waals surface area contributed by atoms with Gasteiger partial charge < -0.3 is 5.32 Å². The van der Waals surface area contributed by atoms with Crippen molar-refractivity contribution < 1.29 is 4.39 Å². The number of hydrogen-bond donors (Lipinski definition) is 1. The van der Waals surface area contributed by atoms with Crippen LogP contribution in [0.25, 0.3) is 0 Å². The Morgan fingerprint density at radius 2 is 1.80 bits per heavy atom. The summed E-state index contributed by atoms with van der Waals surface area (Å²) in [5.74, 6) is 0.655. The molecule has 0 heterocycles. The second-order valence-electron chi connectivity index (χ2n) is 5.74. The van der Waals surface area contributed by atoms with Crippen LogP contribution >= 0.6 is 0 Å². The average molecular weight is 279 g/mol. The van der Waals surface area contributed by atoms with Crippen LogP contribution in [0, 0.1) is 11.7 Å². The minimum absolute atomic E-state index is 0.150. The fourth-order valence-corrected chi connectivity index (χ4v) is 2.82. The van der Waals surface area contributed by atoms with Crippen molar-refractivity contribution in [3.8, 4) is 0 Å². The van der Waals surface area contributed by atoms with Crippen molar-refractivity contribution in [3.63, 3.8) is 0 Å². The highest BCUT2D eigenvalue weighted by Crippen LogP contribution is 2.20. The average Bonchev–Trinajstić information content (AvgIpc) is 2.46. The molecule has 20 heavy (non-hydrogen) atoms. The quantitative estimate of drug-likeness (QED) is 0.639. The zero-order valence-corrected chi connectivity index (χ0v) is 13.3. The molecular weight excluding hydrogens is 249 g/mol. The fraction of sp³-hybridized carbons (Fsp3) is 0.667. The van der Waals surface area contributed by atoms with Crippen LogP contribution in [0.3, 0.4) is 0 Å². The lowest BCUT2D eigenvalue weighted by Crippen LogP contribution is -2.33. The lowest BCUT2D eigenvalue weighted by molar-refractivity contribution is 0.350. The summed E-state index contributed by atoms with van der Waals surface area (Å²) in [6.07, 6.45) is 7.41. The first-order chi connectivity index (χ1) is 9.69. The third kappa shape index (κ3) is 6.51. The lowest BCUT2D eigenvalue weighted by Gasteiger charge is -2.23. The van der Waals surface area contributed by atoms with Gasteiger partial charge in [-0.25, -0.2) is 4.39 Å². The number of halogens is 1. The molecule has 1 rings (SSSR count). The molecule has 0 spiro atoms. The number of rotatable bonds is 10. The van der Waals surface area contributed by atoms with E-state index in [0.717, 1.165) is 18.9 Å². The van der Waals surface area contributed by atoms with Crippen LogP contribution in [0.4, 0.5) is 4.39 Å². The molecular formula is C18H30FN. The van der Waals surface area contributed by atoms with Crippen LogP contribution in [-0.4, -0.2) is 12.6 Å². The summed E-state index contributed by atoms with van der Waals surface area (Å²) in [7, 11) is 0. The summed E-state index contributed by atoms with van der Waals surface area (Å²) >= 11 is 0. The van der Waals surface area contributed by atoms with Crippen LogP contribution in [0.1, 0.15) is 58.4 Å². The second-order valence-corrected chi connectivity index (χ2v) is 5.74. The zero-order valence-electron chi connectivity index (χ0n) is 13.3. The summed E-state index contributed by atoms with van der Waals surface area (Å²) in [4.78, 5) is 0. The third-order valence-electron chi connectivity index (χ3n) is 4.05. The van der Waals surface area contributed by atoms with E-state index < -0.39 is 0 Å². The third-order valence-corrected chi connectivity index (χ3v) is 4.05. The molecule has 1 nitrogen and oxygen atoms in total. The van der Waals surface area contributed by atoms with Crippen molar-refractivity contribution in [2.75, 3.05) is 6.54 Å². The van der Waals surface area contributed by atoms with Gasteiger partial charge in [0.25, 0.3) is 0 Å². The largest absolute Gasteiger partial charge is 0.314 e. The number of unbranched alkanes of at least 4 members (excludes halogenated alkanes) is 1. The number of hydrogen-bond acceptors (Lipinski definition) is 1. The Morgan fingerprint density at radius 1 is 1.10 bits per heavy atom. The molecule has 0 saturated carbocycles. The smallest absolute Gasteiger partial charge is 0.123 e. The minimum Gasteiger partial charge on any atom is -0.314 e. The Balaban J connectivity index is 2.55. The summed E-state index contributed by atoms with van der Waals surface area (Å²) in [6.45, 7) is 7.70. The van der Waals surface area contributed by atoms with Gasteiger partial charge in [-0.05, 0) is 43.0 Å². The van der Waals surface area contributed by atoms with Crippen LogP contribution < -0.4 is 5.32 Å². The SMILES string of the molecule is CCCCC(CC)CC(Cc1ccc(F)cc1)NCC. The Morgan fingerprint density at radius 3 is 2.35 bits per heavy atom. The van der Waals surface area contributed by atoms with Crippen molar-refractivity contribution in [2.24, 2.45) is 5.92 Å². The molecule has 1 aromatic rings. The molecule has 0 bridgehead atoms. The highest BCUT2D eigenvalue weighted by atomic mass is 19.1. The predicted octanol–water partition coefficient (Wildman–Crippen LogP) is 4.95. The van der Waals surface area contributed by atoms with Gasteiger partial charge in [-0.3, -0.25) is 0 Å².